The van der Waals surface area contributed by atoms with Crippen molar-refractivity contribution in [3.05, 3.63) is 30.3 Å². The molecule has 1 aliphatic heterocycles. The minimum atomic E-state index is -1.48. The van der Waals surface area contributed by atoms with Crippen LogP contribution in [0.3, 0.4) is 0 Å². The molecule has 6 N–H and O–H groups in total. The Morgan fingerprint density at radius 3 is 2.15 bits per heavy atom. The zero-order valence-corrected chi connectivity index (χ0v) is 17.6. The summed E-state index contributed by atoms with van der Waals surface area (Å²) in [7, 11) is 2.70. The SMILES string of the molecule is COc1cc(-c2[o+]c3cc(O)cc(O)c3cc2O[C@H]2O[C@H](CO)[C@@H](O)[C@@H]2O)cc(OC)c1O. The van der Waals surface area contributed by atoms with Crippen molar-refractivity contribution >= 4 is 11.0 Å². The highest BCUT2D eigenvalue weighted by atomic mass is 16.7. The lowest BCUT2D eigenvalue weighted by molar-refractivity contribution is -0.116. The van der Waals surface area contributed by atoms with Crippen LogP contribution in [0, 0.1) is 0 Å². The largest absolute Gasteiger partial charge is 0.507 e. The van der Waals surface area contributed by atoms with Crippen molar-refractivity contribution in [3.8, 4) is 45.8 Å². The lowest BCUT2D eigenvalue weighted by Crippen LogP contribution is -2.35. The van der Waals surface area contributed by atoms with Gasteiger partial charge in [0.05, 0.1) is 32.5 Å². The van der Waals surface area contributed by atoms with E-state index in [2.05, 4.69) is 0 Å². The molecule has 0 aliphatic carbocycles. The van der Waals surface area contributed by atoms with E-state index in [9.17, 15) is 30.6 Å². The van der Waals surface area contributed by atoms with Gasteiger partial charge in [-0.3, -0.25) is 0 Å². The first kappa shape index (κ1) is 22.7. The summed E-state index contributed by atoms with van der Waals surface area (Å²) in [6.45, 7) is -0.542. The van der Waals surface area contributed by atoms with Crippen molar-refractivity contribution in [3.63, 3.8) is 0 Å². The standard InChI is InChI=1S/C22H22O11/c1-29-14-3-9(4-15(30-2)18(14)26)21-16(32-22-20(28)19(27)17(8-23)33-22)7-11-12(25)5-10(24)6-13(11)31-21/h3-7,17,19-20,22-23,27-28H,8H2,1-2H3,(H2-,24,25,26)/p+1/t17-,19-,20+,22+/m1/s1. The van der Waals surface area contributed by atoms with Crippen molar-refractivity contribution in [2.24, 2.45) is 0 Å². The third-order valence-electron chi connectivity index (χ3n) is 5.30. The molecular formula is C22H23O11+. The number of aliphatic hydroxyl groups is 3. The lowest BCUT2D eigenvalue weighted by Gasteiger charge is -2.16. The number of rotatable bonds is 6. The van der Waals surface area contributed by atoms with E-state index in [0.717, 1.165) is 6.07 Å². The Labute approximate surface area is 187 Å². The molecule has 2 heterocycles. The third kappa shape index (κ3) is 4.02. The van der Waals surface area contributed by atoms with Gasteiger partial charge in [0.2, 0.25) is 17.8 Å². The summed E-state index contributed by atoms with van der Waals surface area (Å²) in [4.78, 5) is 0. The van der Waals surface area contributed by atoms with Crippen molar-refractivity contribution in [2.75, 3.05) is 20.8 Å². The average Bonchev–Trinajstić information content (AvgIpc) is 3.07. The number of methoxy groups -OCH3 is 2. The predicted octanol–water partition coefficient (Wildman–Crippen LogP) is 1.33. The van der Waals surface area contributed by atoms with Crippen LogP contribution in [0.15, 0.2) is 34.7 Å². The molecule has 0 saturated carbocycles. The van der Waals surface area contributed by atoms with Crippen molar-refractivity contribution < 1.29 is 54.0 Å². The Morgan fingerprint density at radius 1 is 0.909 bits per heavy atom. The van der Waals surface area contributed by atoms with E-state index in [4.69, 9.17) is 23.4 Å². The molecule has 4 atom stereocenters. The van der Waals surface area contributed by atoms with E-state index < -0.39 is 31.2 Å². The molecule has 1 saturated heterocycles. The van der Waals surface area contributed by atoms with Crippen LogP contribution in [0.4, 0.5) is 0 Å². The number of benzene rings is 2. The number of phenolic OH excluding ortho intramolecular Hbond substituents is 3. The summed E-state index contributed by atoms with van der Waals surface area (Å²) in [6.07, 6.45) is -5.31. The number of hydrogen-bond donors (Lipinski definition) is 6. The summed E-state index contributed by atoms with van der Waals surface area (Å²) in [5.41, 5.74) is 0.412. The summed E-state index contributed by atoms with van der Waals surface area (Å²) < 4.78 is 27.5. The molecule has 1 aromatic heterocycles. The molecule has 0 amide bonds. The first-order valence-electron chi connectivity index (χ1n) is 9.84. The fraction of sp³-hybridized carbons (Fsp3) is 0.318. The van der Waals surface area contributed by atoms with E-state index in [1.54, 1.807) is 0 Å². The van der Waals surface area contributed by atoms with Gasteiger partial charge in [-0.2, -0.15) is 0 Å². The average molecular weight is 463 g/mol. The van der Waals surface area contributed by atoms with Crippen LogP contribution in [0.2, 0.25) is 0 Å². The zero-order chi connectivity index (χ0) is 23.9. The van der Waals surface area contributed by atoms with Gasteiger partial charge in [0.25, 0.3) is 0 Å². The Hall–Kier alpha value is -3.51. The van der Waals surface area contributed by atoms with E-state index in [1.807, 2.05) is 0 Å². The molecule has 0 bridgehead atoms. The zero-order valence-electron chi connectivity index (χ0n) is 17.6. The molecule has 176 valence electrons. The number of aromatic hydroxyl groups is 3. The van der Waals surface area contributed by atoms with Gasteiger partial charge in [-0.15, -0.1) is 0 Å². The highest BCUT2D eigenvalue weighted by molar-refractivity contribution is 5.88. The molecule has 11 heteroatoms. The molecule has 3 aromatic rings. The molecule has 1 aliphatic rings. The molecule has 1 fully saturated rings. The maximum Gasteiger partial charge on any atom is 0.402 e. The number of phenols is 3. The van der Waals surface area contributed by atoms with Crippen LogP contribution in [-0.2, 0) is 4.74 Å². The maximum atomic E-state index is 10.3. The minimum Gasteiger partial charge on any atom is -0.507 e. The molecule has 0 radical (unpaired) electrons. The fourth-order valence-electron chi connectivity index (χ4n) is 3.59. The van der Waals surface area contributed by atoms with Gasteiger partial charge in [0, 0.05) is 24.3 Å². The minimum absolute atomic E-state index is 0.0203. The van der Waals surface area contributed by atoms with E-state index >= 15 is 0 Å². The van der Waals surface area contributed by atoms with Gasteiger partial charge in [-0.1, -0.05) is 0 Å². The molecule has 33 heavy (non-hydrogen) atoms. The smallest absolute Gasteiger partial charge is 0.402 e. The monoisotopic (exact) mass is 463 g/mol. The molecule has 0 spiro atoms. The van der Waals surface area contributed by atoms with Crippen LogP contribution in [0.5, 0.6) is 34.5 Å². The van der Waals surface area contributed by atoms with E-state index in [1.165, 1.54) is 38.5 Å². The molecule has 2 aromatic carbocycles. The summed E-state index contributed by atoms with van der Waals surface area (Å²) >= 11 is 0. The predicted molar refractivity (Wildman–Crippen MR) is 113 cm³/mol. The Bertz CT molecular complexity index is 1150. The van der Waals surface area contributed by atoms with Crippen LogP contribution < -0.4 is 14.2 Å². The van der Waals surface area contributed by atoms with Crippen LogP contribution in [0.25, 0.3) is 22.3 Å². The third-order valence-corrected chi connectivity index (χ3v) is 5.30. The topological polar surface area (TPSA) is 170 Å². The first-order valence-corrected chi connectivity index (χ1v) is 9.84. The number of fused-ring (bicyclic) bond motifs is 1. The summed E-state index contributed by atoms with van der Waals surface area (Å²) in [6, 6.07) is 6.66. The highest BCUT2D eigenvalue weighted by Gasteiger charge is 2.45. The van der Waals surface area contributed by atoms with Crippen LogP contribution in [0.1, 0.15) is 0 Å². The van der Waals surface area contributed by atoms with Gasteiger partial charge in [0.15, 0.2) is 11.5 Å². The Morgan fingerprint density at radius 2 is 1.58 bits per heavy atom. The van der Waals surface area contributed by atoms with Crippen LogP contribution in [-0.4, -0.2) is 76.1 Å². The van der Waals surface area contributed by atoms with Gasteiger partial charge in [0.1, 0.15) is 35.2 Å². The number of aliphatic hydroxyl groups excluding tert-OH is 3. The first-order chi connectivity index (χ1) is 15.8. The van der Waals surface area contributed by atoms with E-state index in [0.29, 0.717) is 5.56 Å². The number of hydrogen-bond acceptors (Lipinski definition) is 10. The second kappa shape index (κ2) is 8.79. The van der Waals surface area contributed by atoms with Crippen molar-refractivity contribution in [2.45, 2.75) is 24.6 Å². The Balaban J connectivity index is 1.89. The van der Waals surface area contributed by atoms with Gasteiger partial charge < -0.3 is 49.6 Å². The highest BCUT2D eigenvalue weighted by Crippen LogP contribution is 2.45. The van der Waals surface area contributed by atoms with Gasteiger partial charge in [-0.05, 0) is 0 Å². The molecule has 4 rings (SSSR count). The maximum absolute atomic E-state index is 10.3. The van der Waals surface area contributed by atoms with Crippen molar-refractivity contribution in [1.82, 2.24) is 0 Å². The number of ether oxygens (including phenoxy) is 4. The summed E-state index contributed by atoms with van der Waals surface area (Å²) in [5.74, 6) is -0.630. The summed E-state index contributed by atoms with van der Waals surface area (Å²) in [5, 5.41) is 60.2. The molecule has 11 nitrogen and oxygen atoms in total. The second-order valence-corrected chi connectivity index (χ2v) is 7.37. The normalized spacial score (nSPS) is 22.5. The van der Waals surface area contributed by atoms with Gasteiger partial charge in [-0.25, -0.2) is 4.42 Å². The molecular weight excluding hydrogens is 440 g/mol. The second-order valence-electron chi connectivity index (χ2n) is 7.37. The fourth-order valence-corrected chi connectivity index (χ4v) is 3.59. The van der Waals surface area contributed by atoms with Crippen LogP contribution >= 0.6 is 0 Å². The van der Waals surface area contributed by atoms with Gasteiger partial charge >= 0.3 is 11.3 Å². The Kier molecular flexibility index (Phi) is 6.04. The quantitative estimate of drug-likeness (QED) is 0.292. The lowest BCUT2D eigenvalue weighted by atomic mass is 10.1. The van der Waals surface area contributed by atoms with Crippen molar-refractivity contribution in [1.29, 1.82) is 0 Å². The molecule has 0 unspecified atom stereocenters. The van der Waals surface area contributed by atoms with E-state index in [-0.39, 0.29) is 51.2 Å².